The van der Waals surface area contributed by atoms with Crippen LogP contribution in [0.3, 0.4) is 0 Å². The van der Waals surface area contributed by atoms with E-state index in [0.29, 0.717) is 11.4 Å². The SMILES string of the molecule is Cc1ccc(C#Cc2ccc(S(=O)(=O)NCC(=O)NC[C@H](C)c3ccccc3)s2)cc1. The molecule has 31 heavy (non-hydrogen) atoms. The quantitative estimate of drug-likeness (QED) is 0.537. The van der Waals surface area contributed by atoms with Gasteiger partial charge in [0.2, 0.25) is 5.91 Å². The molecule has 0 unspecified atom stereocenters. The van der Waals surface area contributed by atoms with E-state index in [9.17, 15) is 13.2 Å². The van der Waals surface area contributed by atoms with Gasteiger partial charge in [-0.1, -0.05) is 66.8 Å². The second-order valence-electron chi connectivity index (χ2n) is 7.18. The number of hydrogen-bond acceptors (Lipinski definition) is 4. The van der Waals surface area contributed by atoms with Gasteiger partial charge in [0.05, 0.1) is 11.4 Å². The zero-order valence-corrected chi connectivity index (χ0v) is 19.0. The average molecular weight is 453 g/mol. The van der Waals surface area contributed by atoms with Crippen LogP contribution in [0, 0.1) is 18.8 Å². The standard InChI is InChI=1S/C24H24N2O3S2/c1-18-8-10-20(11-9-18)12-13-22-14-15-24(30-22)31(28,29)26-17-23(27)25-16-19(2)21-6-4-3-5-7-21/h3-11,14-15,19,26H,16-17H2,1-2H3,(H,25,27)/t19-/m0/s1. The fourth-order valence-corrected chi connectivity index (χ4v) is 4.95. The molecule has 0 aliphatic rings. The van der Waals surface area contributed by atoms with Crippen LogP contribution in [0.4, 0.5) is 0 Å². The van der Waals surface area contributed by atoms with E-state index >= 15 is 0 Å². The topological polar surface area (TPSA) is 75.3 Å². The van der Waals surface area contributed by atoms with Gasteiger partial charge in [0, 0.05) is 12.1 Å². The summed E-state index contributed by atoms with van der Waals surface area (Å²) in [4.78, 5) is 12.7. The Labute approximate surface area is 187 Å². The Balaban J connectivity index is 1.53. The van der Waals surface area contributed by atoms with Crippen molar-refractivity contribution in [2.75, 3.05) is 13.1 Å². The normalized spacial score (nSPS) is 11.9. The fourth-order valence-electron chi connectivity index (χ4n) is 2.76. The van der Waals surface area contributed by atoms with E-state index in [2.05, 4.69) is 21.9 Å². The Morgan fingerprint density at radius 1 is 1.00 bits per heavy atom. The highest BCUT2D eigenvalue weighted by atomic mass is 32.2. The highest BCUT2D eigenvalue weighted by molar-refractivity contribution is 7.91. The third-order valence-electron chi connectivity index (χ3n) is 4.62. The molecule has 0 bridgehead atoms. The van der Waals surface area contributed by atoms with Gasteiger partial charge in [-0.05, 0) is 42.7 Å². The summed E-state index contributed by atoms with van der Waals surface area (Å²) in [5.74, 6) is 5.77. The Morgan fingerprint density at radius 2 is 1.71 bits per heavy atom. The minimum Gasteiger partial charge on any atom is -0.354 e. The number of carbonyl (C=O) groups is 1. The Bertz CT molecular complexity index is 1190. The molecule has 0 spiro atoms. The molecular formula is C24H24N2O3S2. The maximum absolute atomic E-state index is 12.5. The van der Waals surface area contributed by atoms with Crippen LogP contribution in [0.25, 0.3) is 0 Å². The van der Waals surface area contributed by atoms with Gasteiger partial charge in [0.25, 0.3) is 10.0 Å². The molecule has 2 aromatic carbocycles. The van der Waals surface area contributed by atoms with Crippen molar-refractivity contribution in [1.29, 1.82) is 0 Å². The number of thiophene rings is 1. The lowest BCUT2D eigenvalue weighted by atomic mass is 10.0. The van der Waals surface area contributed by atoms with Crippen molar-refractivity contribution in [3.05, 3.63) is 88.3 Å². The monoisotopic (exact) mass is 452 g/mol. The molecule has 0 radical (unpaired) electrons. The second kappa shape index (κ2) is 10.4. The lowest BCUT2D eigenvalue weighted by Crippen LogP contribution is -2.38. The van der Waals surface area contributed by atoms with Gasteiger partial charge in [0.1, 0.15) is 4.21 Å². The van der Waals surface area contributed by atoms with Gasteiger partial charge in [-0.2, -0.15) is 0 Å². The highest BCUT2D eigenvalue weighted by Crippen LogP contribution is 2.20. The summed E-state index contributed by atoms with van der Waals surface area (Å²) in [6.07, 6.45) is 0. The molecule has 160 valence electrons. The molecule has 7 heteroatoms. The first-order valence-electron chi connectivity index (χ1n) is 9.83. The molecule has 1 aromatic heterocycles. The molecule has 0 saturated carbocycles. The summed E-state index contributed by atoms with van der Waals surface area (Å²) >= 11 is 1.07. The fraction of sp³-hybridized carbons (Fsp3) is 0.208. The Morgan fingerprint density at radius 3 is 2.42 bits per heavy atom. The number of rotatable bonds is 7. The molecule has 1 atom stereocenters. The molecule has 5 nitrogen and oxygen atoms in total. The van der Waals surface area contributed by atoms with E-state index in [-0.39, 0.29) is 22.6 Å². The van der Waals surface area contributed by atoms with Crippen molar-refractivity contribution in [3.63, 3.8) is 0 Å². The van der Waals surface area contributed by atoms with Crippen LogP contribution in [0.1, 0.15) is 34.4 Å². The van der Waals surface area contributed by atoms with Gasteiger partial charge in [-0.3, -0.25) is 4.79 Å². The molecular weight excluding hydrogens is 428 g/mol. The smallest absolute Gasteiger partial charge is 0.250 e. The molecule has 3 aromatic rings. The Hall–Kier alpha value is -2.92. The molecule has 0 aliphatic carbocycles. The summed E-state index contributed by atoms with van der Waals surface area (Å²) in [5.41, 5.74) is 3.13. The number of aryl methyl sites for hydroxylation is 1. The van der Waals surface area contributed by atoms with E-state index in [4.69, 9.17) is 0 Å². The van der Waals surface area contributed by atoms with Crippen LogP contribution >= 0.6 is 11.3 Å². The van der Waals surface area contributed by atoms with Crippen molar-refractivity contribution < 1.29 is 13.2 Å². The molecule has 0 aliphatic heterocycles. The third-order valence-corrected chi connectivity index (χ3v) is 7.52. The van der Waals surface area contributed by atoms with Crippen LogP contribution in [0.15, 0.2) is 70.9 Å². The highest BCUT2D eigenvalue weighted by Gasteiger charge is 2.18. The molecule has 1 heterocycles. The number of benzene rings is 2. The van der Waals surface area contributed by atoms with E-state index in [1.807, 2.05) is 68.4 Å². The van der Waals surface area contributed by atoms with E-state index in [1.54, 1.807) is 6.07 Å². The van der Waals surface area contributed by atoms with Crippen molar-refractivity contribution in [2.45, 2.75) is 24.0 Å². The maximum Gasteiger partial charge on any atom is 0.250 e. The summed E-state index contributed by atoms with van der Waals surface area (Å²) in [6, 6.07) is 20.8. The Kier molecular flexibility index (Phi) is 7.64. The number of carbonyl (C=O) groups excluding carboxylic acids is 1. The minimum atomic E-state index is -3.77. The summed E-state index contributed by atoms with van der Waals surface area (Å²) in [7, 11) is -3.77. The zero-order valence-electron chi connectivity index (χ0n) is 17.4. The first-order valence-corrected chi connectivity index (χ1v) is 12.1. The van der Waals surface area contributed by atoms with Gasteiger partial charge in [0.15, 0.2) is 0 Å². The number of hydrogen-bond donors (Lipinski definition) is 2. The lowest BCUT2D eigenvalue weighted by Gasteiger charge is -2.13. The number of sulfonamides is 1. The van der Waals surface area contributed by atoms with Gasteiger partial charge < -0.3 is 5.32 Å². The predicted molar refractivity (Wildman–Crippen MR) is 125 cm³/mol. The first-order chi connectivity index (χ1) is 14.8. The van der Waals surface area contributed by atoms with Crippen molar-refractivity contribution >= 4 is 27.3 Å². The van der Waals surface area contributed by atoms with Crippen molar-refractivity contribution in [3.8, 4) is 11.8 Å². The van der Waals surface area contributed by atoms with Crippen LogP contribution in [-0.2, 0) is 14.8 Å². The molecule has 2 N–H and O–H groups in total. The number of amides is 1. The van der Waals surface area contributed by atoms with E-state index < -0.39 is 10.0 Å². The largest absolute Gasteiger partial charge is 0.354 e. The predicted octanol–water partition coefficient (Wildman–Crippen LogP) is 3.65. The summed E-state index contributed by atoms with van der Waals surface area (Å²) < 4.78 is 27.5. The molecule has 0 saturated heterocycles. The van der Waals surface area contributed by atoms with Gasteiger partial charge in [-0.25, -0.2) is 13.1 Å². The maximum atomic E-state index is 12.5. The van der Waals surface area contributed by atoms with Crippen LogP contribution < -0.4 is 10.0 Å². The lowest BCUT2D eigenvalue weighted by molar-refractivity contribution is -0.120. The van der Waals surface area contributed by atoms with E-state index in [1.165, 1.54) is 6.07 Å². The van der Waals surface area contributed by atoms with Gasteiger partial charge in [-0.15, -0.1) is 11.3 Å². The summed E-state index contributed by atoms with van der Waals surface area (Å²) in [6.45, 7) is 4.13. The number of nitrogens with one attached hydrogen (secondary N) is 2. The van der Waals surface area contributed by atoms with E-state index in [0.717, 1.165) is 28.0 Å². The first kappa shape index (κ1) is 22.8. The average Bonchev–Trinajstić information content (AvgIpc) is 3.26. The molecule has 1 amide bonds. The summed E-state index contributed by atoms with van der Waals surface area (Å²) in [5, 5.41) is 2.77. The zero-order chi connectivity index (χ0) is 22.3. The van der Waals surface area contributed by atoms with Crippen molar-refractivity contribution in [2.24, 2.45) is 0 Å². The van der Waals surface area contributed by atoms with Crippen LogP contribution in [0.5, 0.6) is 0 Å². The van der Waals surface area contributed by atoms with Gasteiger partial charge >= 0.3 is 0 Å². The third kappa shape index (κ3) is 6.79. The second-order valence-corrected chi connectivity index (χ2v) is 10.3. The molecule has 0 fully saturated rings. The van der Waals surface area contributed by atoms with Crippen LogP contribution in [0.2, 0.25) is 0 Å². The minimum absolute atomic E-state index is 0.131. The van der Waals surface area contributed by atoms with Crippen LogP contribution in [-0.4, -0.2) is 27.4 Å². The van der Waals surface area contributed by atoms with Crippen molar-refractivity contribution in [1.82, 2.24) is 10.0 Å². The molecule has 3 rings (SSSR count).